The van der Waals surface area contributed by atoms with Crippen LogP contribution in [0.4, 0.5) is 5.82 Å². The van der Waals surface area contributed by atoms with Crippen molar-refractivity contribution in [1.82, 2.24) is 4.98 Å². The summed E-state index contributed by atoms with van der Waals surface area (Å²) in [6, 6.07) is 7.06. The molecule has 0 spiro atoms. The molecule has 1 aliphatic heterocycles. The first-order chi connectivity index (χ1) is 12.9. The zero-order valence-electron chi connectivity index (χ0n) is 17.6. The molecule has 0 saturated heterocycles. The van der Waals surface area contributed by atoms with Crippen molar-refractivity contribution in [3.05, 3.63) is 52.7 Å². The quantitative estimate of drug-likeness (QED) is 0.464. The van der Waals surface area contributed by atoms with Gasteiger partial charge < -0.3 is 12.5 Å². The predicted molar refractivity (Wildman–Crippen MR) is 120 cm³/mol. The average Bonchev–Trinajstić information content (AvgIpc) is 3.06. The molecule has 1 aromatic heterocycles. The molecular weight excluding hydrogens is 481 g/mol. The van der Waals surface area contributed by atoms with Crippen molar-refractivity contribution in [1.29, 1.82) is 0 Å². The Kier molecular flexibility index (Phi) is 11.4. The Morgan fingerprint density at radius 2 is 1.90 bits per heavy atom. The summed E-state index contributed by atoms with van der Waals surface area (Å²) in [5.41, 5.74) is 1.23. The minimum atomic E-state index is -4.00. The molecule has 0 bridgehead atoms. The Hall–Kier alpha value is -1.20. The number of aliphatic hydroxyl groups is 1. The third-order valence-electron chi connectivity index (χ3n) is 3.96. The molecule has 29 heavy (non-hydrogen) atoms. The van der Waals surface area contributed by atoms with Gasteiger partial charge in [0.2, 0.25) is 0 Å². The molecule has 1 aromatic carbocycles. The van der Waals surface area contributed by atoms with Crippen molar-refractivity contribution in [2.24, 2.45) is 0 Å². The van der Waals surface area contributed by atoms with E-state index < -0.39 is 10.0 Å². The number of thiazole rings is 1. The number of fused-ring (bicyclic) bond motifs is 1. The summed E-state index contributed by atoms with van der Waals surface area (Å²) < 4.78 is 27.5. The topological polar surface area (TPSA) is 70.5 Å². The summed E-state index contributed by atoms with van der Waals surface area (Å²) >= 11 is 1.31. The number of aryl methyl sites for hydroxylation is 2. The number of rotatable bonds is 4. The number of benzene rings is 1. The molecule has 0 amide bonds. The number of anilines is 1. The Balaban J connectivity index is 0.00000190. The number of aliphatic hydroxyl groups excluding tert-OH is 1. The van der Waals surface area contributed by atoms with Gasteiger partial charge in [-0.3, -0.25) is 0 Å². The zero-order chi connectivity index (χ0) is 20.2. The van der Waals surface area contributed by atoms with E-state index in [2.05, 4.69) is 10.9 Å². The summed E-state index contributed by atoms with van der Waals surface area (Å²) in [6.45, 7) is 7.69. The molecule has 0 fully saturated rings. The van der Waals surface area contributed by atoms with Crippen LogP contribution in [-0.4, -0.2) is 25.1 Å². The van der Waals surface area contributed by atoms with E-state index in [0.717, 1.165) is 21.3 Å². The van der Waals surface area contributed by atoms with E-state index in [0.29, 0.717) is 16.9 Å². The normalized spacial score (nSPS) is 13.8. The van der Waals surface area contributed by atoms with E-state index in [1.54, 1.807) is 25.1 Å². The van der Waals surface area contributed by atoms with Crippen molar-refractivity contribution >= 4 is 37.8 Å². The molecule has 2 aromatic rings. The van der Waals surface area contributed by atoms with Gasteiger partial charge in [-0.05, 0) is 25.3 Å². The van der Waals surface area contributed by atoms with Crippen LogP contribution in [0.1, 0.15) is 48.2 Å². The van der Waals surface area contributed by atoms with Crippen LogP contribution in [0.2, 0.25) is 0 Å². The number of hydrogen-bond donors (Lipinski definition) is 1. The summed E-state index contributed by atoms with van der Waals surface area (Å²) in [4.78, 5) is 4.75. The minimum absolute atomic E-state index is 0. The number of nitrogens with zero attached hydrogens (tertiary/aromatic N) is 2. The van der Waals surface area contributed by atoms with E-state index in [1.807, 2.05) is 26.8 Å². The van der Waals surface area contributed by atoms with Crippen LogP contribution in [-0.2, 0) is 49.2 Å². The van der Waals surface area contributed by atoms with Gasteiger partial charge in [0.15, 0.2) is 11.6 Å². The first-order valence-electron chi connectivity index (χ1n) is 8.87. The maximum absolute atomic E-state index is 13.2. The Labute approximate surface area is 204 Å². The molecule has 0 aliphatic carbocycles. The van der Waals surface area contributed by atoms with Gasteiger partial charge in [-0.25, -0.2) is 17.7 Å². The molecule has 1 aliphatic rings. The Morgan fingerprint density at radius 1 is 1.28 bits per heavy atom. The van der Waals surface area contributed by atoms with Gasteiger partial charge in [0, 0.05) is 38.3 Å². The van der Waals surface area contributed by atoms with Gasteiger partial charge >= 0.3 is 0 Å². The summed E-state index contributed by atoms with van der Waals surface area (Å²) in [5, 5.41) is 11.6. The number of sulfonamides is 1. The fourth-order valence-corrected chi connectivity index (χ4v) is 5.71. The maximum atomic E-state index is 13.2. The second-order valence-corrected chi connectivity index (χ2v) is 8.60. The molecule has 1 N–H and O–H groups in total. The second kappa shape index (κ2) is 11.9. The van der Waals surface area contributed by atoms with Crippen LogP contribution in [0.5, 0.6) is 0 Å². The van der Waals surface area contributed by atoms with Crippen LogP contribution in [0.25, 0.3) is 10.7 Å². The number of terminal acetylenes is 1. The second-order valence-electron chi connectivity index (χ2n) is 5.72. The van der Waals surface area contributed by atoms with E-state index in [-0.39, 0.29) is 63.2 Å². The summed E-state index contributed by atoms with van der Waals surface area (Å²) in [6.07, 6.45) is 6.99. The fourth-order valence-electron chi connectivity index (χ4n) is 2.79. The monoisotopic (exact) mass is 508 g/mol. The Bertz CT molecular complexity index is 1010. The number of hydrogen-bond acceptors (Lipinski definition) is 5. The van der Waals surface area contributed by atoms with E-state index in [1.165, 1.54) is 11.3 Å². The zero-order valence-corrected chi connectivity index (χ0v) is 22.0. The van der Waals surface area contributed by atoms with Crippen LogP contribution < -0.4 is 4.31 Å². The van der Waals surface area contributed by atoms with Crippen LogP contribution >= 0.6 is 11.3 Å². The summed E-state index contributed by atoms with van der Waals surface area (Å²) in [5.74, 6) is 2.35. The smallest absolute Gasteiger partial charge is 0.270 e. The molecule has 5 nitrogen and oxygen atoms in total. The molecule has 0 atom stereocenters. The van der Waals surface area contributed by atoms with Crippen molar-refractivity contribution < 1.29 is 46.2 Å². The van der Waals surface area contributed by atoms with Gasteiger partial charge in [-0.2, -0.15) is 0 Å². The average molecular weight is 508 g/mol. The van der Waals surface area contributed by atoms with E-state index in [9.17, 15) is 13.5 Å². The molecule has 0 unspecified atom stereocenters. The van der Waals surface area contributed by atoms with Gasteiger partial charge in [0.1, 0.15) is 9.78 Å². The molecule has 155 valence electrons. The third kappa shape index (κ3) is 5.30. The molecule has 0 saturated carbocycles. The van der Waals surface area contributed by atoms with Crippen molar-refractivity contribution in [3.63, 3.8) is 0 Å². The van der Waals surface area contributed by atoms with Gasteiger partial charge in [0.25, 0.3) is 10.0 Å². The SMILES string of the molecule is C#CCN1c2nc(CCC)sc2C(O)=C(c2ccccc2C)S1(=O)=O.CC.[CH3-].[Y]. The van der Waals surface area contributed by atoms with Crippen molar-refractivity contribution in [3.8, 4) is 12.3 Å². The van der Waals surface area contributed by atoms with Gasteiger partial charge in [-0.15, -0.1) is 17.8 Å². The van der Waals surface area contributed by atoms with E-state index in [4.69, 9.17) is 6.42 Å². The first-order valence-corrected chi connectivity index (χ1v) is 11.1. The van der Waals surface area contributed by atoms with Gasteiger partial charge in [0.05, 0.1) is 11.6 Å². The Morgan fingerprint density at radius 3 is 2.45 bits per heavy atom. The van der Waals surface area contributed by atoms with Crippen molar-refractivity contribution in [2.45, 2.75) is 40.5 Å². The van der Waals surface area contributed by atoms with Crippen molar-refractivity contribution in [2.75, 3.05) is 10.8 Å². The van der Waals surface area contributed by atoms with E-state index >= 15 is 0 Å². The van der Waals surface area contributed by atoms with Crippen LogP contribution in [0.15, 0.2) is 24.3 Å². The van der Waals surface area contributed by atoms with Gasteiger partial charge in [-0.1, -0.05) is 51.0 Å². The first kappa shape index (κ1) is 27.8. The largest absolute Gasteiger partial charge is 0.505 e. The molecule has 3 rings (SSSR count). The van der Waals surface area contributed by atoms with Crippen LogP contribution in [0, 0.1) is 26.7 Å². The minimum Gasteiger partial charge on any atom is -0.505 e. The molecule has 8 heteroatoms. The fraction of sp³-hybridized carbons (Fsp3) is 0.333. The maximum Gasteiger partial charge on any atom is 0.270 e. The standard InChI is InChI=1S/C18H18N2O3S2.C2H6.CH3.Y/c1-4-8-14-19-18-16(24-14)15(21)17(13-10-7-6-9-12(13)3)25(22,23)20(18)11-5-2;1-2;;/h2,6-7,9-10,21H,4,8,11H2,1,3H3;1-2H3;1H3;/q;;-1;. The predicted octanol–water partition coefficient (Wildman–Crippen LogP) is 5.04. The van der Waals surface area contributed by atoms with Crippen LogP contribution in [0.3, 0.4) is 0 Å². The molecule has 1 radical (unpaired) electrons. The number of aromatic nitrogens is 1. The molecular formula is C21H27N2O3S2Y-. The summed E-state index contributed by atoms with van der Waals surface area (Å²) in [7, 11) is -4.00. The third-order valence-corrected chi connectivity index (χ3v) is 6.88. The molecule has 2 heterocycles.